The fourth-order valence-corrected chi connectivity index (χ4v) is 5.35. The number of carbonyl (C=O) groups is 6. The van der Waals surface area contributed by atoms with Crippen LogP contribution in [0.5, 0.6) is 0 Å². The number of hydrogen-bond acceptors (Lipinski definition) is 7. The maximum atomic E-state index is 13.5. The van der Waals surface area contributed by atoms with Gasteiger partial charge in [0.05, 0.1) is 23.2 Å². The number of amides is 5. The van der Waals surface area contributed by atoms with Crippen molar-refractivity contribution in [2.45, 2.75) is 81.0 Å². The van der Waals surface area contributed by atoms with Gasteiger partial charge >= 0.3 is 5.97 Å². The lowest BCUT2D eigenvalue weighted by atomic mass is 10.0. The molecule has 2 fully saturated rings. The van der Waals surface area contributed by atoms with Crippen LogP contribution in [-0.4, -0.2) is 88.5 Å². The summed E-state index contributed by atoms with van der Waals surface area (Å²) in [4.78, 5) is 79.5. The van der Waals surface area contributed by atoms with E-state index in [1.54, 1.807) is 44.2 Å². The van der Waals surface area contributed by atoms with Crippen LogP contribution < -0.4 is 21.3 Å². The number of hydrogen-bond donors (Lipinski definition) is 4. The monoisotopic (exact) mass is 611 g/mol. The van der Waals surface area contributed by atoms with Crippen LogP contribution in [0.1, 0.15) is 51.6 Å². The topological polar surface area (TPSA) is 163 Å². The van der Waals surface area contributed by atoms with Gasteiger partial charge in [-0.3, -0.25) is 28.8 Å². The van der Waals surface area contributed by atoms with Gasteiger partial charge in [0.2, 0.25) is 29.5 Å². The highest BCUT2D eigenvalue weighted by Crippen LogP contribution is 2.29. The lowest BCUT2D eigenvalue weighted by Crippen LogP contribution is -2.60. The van der Waals surface area contributed by atoms with Gasteiger partial charge in [-0.1, -0.05) is 44.2 Å². The van der Waals surface area contributed by atoms with Gasteiger partial charge in [0.1, 0.15) is 30.8 Å². The second kappa shape index (κ2) is 14.5. The summed E-state index contributed by atoms with van der Waals surface area (Å²) in [6.07, 6.45) is 0.103. The van der Waals surface area contributed by atoms with Crippen LogP contribution in [0.2, 0.25) is 0 Å². The van der Waals surface area contributed by atoms with Crippen LogP contribution in [0.3, 0.4) is 0 Å². The number of nitrogens with one attached hydrogen (secondary N) is 4. The third-order valence-electron chi connectivity index (χ3n) is 6.98. The standard InChI is InChI=1S/C27H35Cl2N5O7/c1-4-17-24(37)33-20(13-41-14(3)35)25(38)32-19(15-9-7-6-8-10-15)11-21(36)30-18(5-2)27(40)34-12-16(28)22(29)23(34)26(39)31-17/h6-10,16-20,22-23H,4-5,11-13H2,1-3H3,(H,30,36)(H,31,39)(H,32,38)(H,33,37)/t16-,17+,18+,19-,20+,22-,23+/m1/s1. The van der Waals surface area contributed by atoms with Gasteiger partial charge in [0.15, 0.2) is 0 Å². The van der Waals surface area contributed by atoms with Gasteiger partial charge < -0.3 is 30.9 Å². The first-order valence-corrected chi connectivity index (χ1v) is 14.3. The average Bonchev–Trinajstić information content (AvgIpc) is 3.25. The van der Waals surface area contributed by atoms with E-state index in [1.165, 1.54) is 4.90 Å². The van der Waals surface area contributed by atoms with Crippen molar-refractivity contribution in [2.24, 2.45) is 0 Å². The van der Waals surface area contributed by atoms with Crippen LogP contribution in [0.25, 0.3) is 0 Å². The lowest BCUT2D eigenvalue weighted by molar-refractivity contribution is -0.145. The first kappa shape index (κ1) is 32.1. The molecule has 0 radical (unpaired) electrons. The molecule has 41 heavy (non-hydrogen) atoms. The molecule has 3 rings (SSSR count). The Balaban J connectivity index is 2.02. The molecule has 7 atom stereocenters. The number of fused-ring (bicyclic) bond motifs is 1. The number of benzene rings is 1. The first-order chi connectivity index (χ1) is 19.5. The lowest BCUT2D eigenvalue weighted by Gasteiger charge is -2.31. The molecule has 14 heteroatoms. The number of alkyl halides is 2. The zero-order valence-corrected chi connectivity index (χ0v) is 24.5. The molecule has 2 aliphatic heterocycles. The van der Waals surface area contributed by atoms with Crippen LogP contribution in [-0.2, 0) is 33.5 Å². The Bertz CT molecular complexity index is 1150. The molecule has 0 aromatic heterocycles. The zero-order valence-electron chi connectivity index (χ0n) is 23.0. The number of nitrogens with zero attached hydrogens (tertiary/aromatic N) is 1. The molecule has 1 aromatic carbocycles. The minimum atomic E-state index is -1.33. The Morgan fingerprint density at radius 1 is 0.878 bits per heavy atom. The van der Waals surface area contributed by atoms with Crippen molar-refractivity contribution >= 4 is 58.7 Å². The highest BCUT2D eigenvalue weighted by Gasteiger charge is 2.48. The molecule has 1 aromatic rings. The average molecular weight is 613 g/mol. The fraction of sp³-hybridized carbons (Fsp3) is 0.556. The number of halogens is 2. The van der Waals surface area contributed by atoms with Gasteiger partial charge in [0.25, 0.3) is 0 Å². The smallest absolute Gasteiger partial charge is 0.302 e. The van der Waals surface area contributed by atoms with E-state index in [0.717, 1.165) is 6.92 Å². The van der Waals surface area contributed by atoms with E-state index in [4.69, 9.17) is 27.9 Å². The normalized spacial score (nSPS) is 30.0. The molecule has 0 aliphatic carbocycles. The van der Waals surface area contributed by atoms with E-state index >= 15 is 0 Å². The van der Waals surface area contributed by atoms with Gasteiger partial charge in [-0.15, -0.1) is 23.2 Å². The molecule has 2 saturated heterocycles. The summed E-state index contributed by atoms with van der Waals surface area (Å²) in [6, 6.07) is 3.21. The molecule has 12 nitrogen and oxygen atoms in total. The number of rotatable bonds is 5. The number of esters is 1. The van der Waals surface area contributed by atoms with Gasteiger partial charge in [-0.2, -0.15) is 0 Å². The van der Waals surface area contributed by atoms with Gasteiger partial charge in [-0.05, 0) is 18.4 Å². The Morgan fingerprint density at radius 3 is 2.10 bits per heavy atom. The predicted molar refractivity (Wildman–Crippen MR) is 150 cm³/mol. The molecule has 0 spiro atoms. The van der Waals surface area contributed by atoms with E-state index in [2.05, 4.69) is 21.3 Å². The SMILES string of the molecule is CC[C@@H]1NC(=O)[C@@H]2[C@H](Cl)[C@H](Cl)CN2C(=O)[C@H](CC)NC(=O)C[C@H](c2ccccc2)NC(=O)[C@H](COC(C)=O)NC1=O. The summed E-state index contributed by atoms with van der Waals surface area (Å²) in [5.74, 6) is -3.89. The third-order valence-corrected chi connectivity index (χ3v) is 8.06. The summed E-state index contributed by atoms with van der Waals surface area (Å²) in [6.45, 7) is 4.00. The third kappa shape index (κ3) is 8.10. The fourth-order valence-electron chi connectivity index (χ4n) is 4.74. The molecule has 224 valence electrons. The molecule has 4 N–H and O–H groups in total. The van der Waals surface area contributed by atoms with Gasteiger partial charge in [-0.25, -0.2) is 0 Å². The van der Waals surface area contributed by atoms with Crippen LogP contribution in [0.15, 0.2) is 30.3 Å². The molecule has 2 heterocycles. The molecule has 0 bridgehead atoms. The van der Waals surface area contributed by atoms with Crippen molar-refractivity contribution in [2.75, 3.05) is 13.2 Å². The van der Waals surface area contributed by atoms with E-state index in [0.29, 0.717) is 5.56 Å². The molecule has 0 saturated carbocycles. The first-order valence-electron chi connectivity index (χ1n) is 13.4. The summed E-state index contributed by atoms with van der Waals surface area (Å²) in [7, 11) is 0. The largest absolute Gasteiger partial charge is 0.463 e. The van der Waals surface area contributed by atoms with Crippen molar-refractivity contribution in [1.29, 1.82) is 0 Å². The van der Waals surface area contributed by atoms with Crippen LogP contribution >= 0.6 is 23.2 Å². The zero-order chi connectivity index (χ0) is 30.3. The van der Waals surface area contributed by atoms with E-state index in [9.17, 15) is 28.8 Å². The second-order valence-electron chi connectivity index (χ2n) is 9.93. The summed E-state index contributed by atoms with van der Waals surface area (Å²) < 4.78 is 5.02. The Hall–Kier alpha value is -3.38. The second-order valence-corrected chi connectivity index (χ2v) is 11.0. The summed E-state index contributed by atoms with van der Waals surface area (Å²) in [5.41, 5.74) is 0.599. The molecule has 2 aliphatic rings. The van der Waals surface area contributed by atoms with Crippen molar-refractivity contribution in [3.8, 4) is 0 Å². The van der Waals surface area contributed by atoms with Gasteiger partial charge in [0, 0.05) is 13.5 Å². The van der Waals surface area contributed by atoms with E-state index < -0.39 is 83.1 Å². The number of carbonyl (C=O) groups excluding carboxylic acids is 6. The maximum absolute atomic E-state index is 13.5. The predicted octanol–water partition coefficient (Wildman–Crippen LogP) is 0.511. The van der Waals surface area contributed by atoms with E-state index in [-0.39, 0.29) is 25.8 Å². The molecular weight excluding hydrogens is 577 g/mol. The highest BCUT2D eigenvalue weighted by atomic mass is 35.5. The van der Waals surface area contributed by atoms with Crippen LogP contribution in [0.4, 0.5) is 0 Å². The number of ether oxygens (including phenoxy) is 1. The van der Waals surface area contributed by atoms with Crippen molar-refractivity contribution < 1.29 is 33.5 Å². The Morgan fingerprint density at radius 2 is 1.49 bits per heavy atom. The van der Waals surface area contributed by atoms with Crippen molar-refractivity contribution in [1.82, 2.24) is 26.2 Å². The van der Waals surface area contributed by atoms with Crippen molar-refractivity contribution in [3.63, 3.8) is 0 Å². The van der Waals surface area contributed by atoms with Crippen LogP contribution in [0, 0.1) is 0 Å². The quantitative estimate of drug-likeness (QED) is 0.278. The Kier molecular flexibility index (Phi) is 11.4. The minimum Gasteiger partial charge on any atom is -0.463 e. The summed E-state index contributed by atoms with van der Waals surface area (Å²) in [5, 5.41) is 8.88. The maximum Gasteiger partial charge on any atom is 0.302 e. The Labute approximate surface area is 248 Å². The molecule has 5 amide bonds. The minimum absolute atomic E-state index is 0.0326. The highest BCUT2D eigenvalue weighted by molar-refractivity contribution is 6.32. The molecule has 0 unspecified atom stereocenters. The summed E-state index contributed by atoms with van der Waals surface area (Å²) >= 11 is 12.8. The van der Waals surface area contributed by atoms with E-state index in [1.807, 2.05) is 0 Å². The molecular formula is C27H35Cl2N5O7. The van der Waals surface area contributed by atoms with Crippen molar-refractivity contribution in [3.05, 3.63) is 35.9 Å².